The molecule has 3 aromatic heterocycles. The second-order valence-electron chi connectivity index (χ2n) is 9.24. The summed E-state index contributed by atoms with van der Waals surface area (Å²) in [5.74, 6) is -0.544. The van der Waals surface area contributed by atoms with Gasteiger partial charge in [0.25, 0.3) is 0 Å². The summed E-state index contributed by atoms with van der Waals surface area (Å²) in [4.78, 5) is 21.4. The second kappa shape index (κ2) is 8.46. The number of fused-ring (bicyclic) bond motifs is 1. The molecule has 6 nitrogen and oxygen atoms in total. The fourth-order valence-corrected chi connectivity index (χ4v) is 12.3. The van der Waals surface area contributed by atoms with Crippen LogP contribution in [0.1, 0.15) is 57.7 Å². The van der Waals surface area contributed by atoms with Crippen LogP contribution in [0.15, 0.2) is 30.5 Å². The first-order valence-electron chi connectivity index (χ1n) is 10.9. The summed E-state index contributed by atoms with van der Waals surface area (Å²) in [6, 6.07) is 7.82. The number of pyridine rings is 2. The number of carbonyl (C=O) groups excluding carboxylic acids is 1. The lowest BCUT2D eigenvalue weighted by molar-refractivity contribution is 0.0595. The van der Waals surface area contributed by atoms with Gasteiger partial charge in [-0.1, -0.05) is 41.5 Å². The molecule has 0 bridgehead atoms. The Labute approximate surface area is 185 Å². The second-order valence-corrected chi connectivity index (χ2v) is 14.9. The number of methoxy groups -OCH3 is 1. The summed E-state index contributed by atoms with van der Waals surface area (Å²) >= 11 is 0. The molecular weight excluding hydrogens is 404 g/mol. The smallest absolute Gasteiger partial charge is 0.358 e. The van der Waals surface area contributed by atoms with Crippen LogP contribution in [-0.4, -0.2) is 35.5 Å². The fraction of sp³-hybridized carbons (Fsp3) is 0.458. The van der Waals surface area contributed by atoms with Gasteiger partial charge in [-0.15, -0.1) is 0 Å². The summed E-state index contributed by atoms with van der Waals surface area (Å²) in [7, 11) is -0.610. The molecule has 0 saturated heterocycles. The van der Waals surface area contributed by atoms with Crippen molar-refractivity contribution >= 4 is 30.9 Å². The van der Waals surface area contributed by atoms with E-state index in [1.165, 1.54) is 12.8 Å². The normalized spacial score (nSPS) is 12.4. The lowest BCUT2D eigenvalue weighted by Crippen LogP contribution is -2.52. The Morgan fingerprint density at radius 1 is 1.06 bits per heavy atom. The molecule has 0 aliphatic heterocycles. The first-order valence-corrected chi connectivity index (χ1v) is 13.1. The number of rotatable bonds is 6. The molecule has 0 amide bonds. The van der Waals surface area contributed by atoms with Crippen LogP contribution in [0.3, 0.4) is 0 Å². The maximum atomic E-state index is 12.0. The molecule has 0 fully saturated rings. The molecular formula is C24H34N4O2Si. The van der Waals surface area contributed by atoms with Gasteiger partial charge >= 0.3 is 5.97 Å². The van der Waals surface area contributed by atoms with Crippen LogP contribution in [0.2, 0.25) is 16.6 Å². The van der Waals surface area contributed by atoms with Gasteiger partial charge in [-0.2, -0.15) is 0 Å². The van der Waals surface area contributed by atoms with Crippen molar-refractivity contribution in [1.29, 1.82) is 0 Å². The zero-order valence-corrected chi connectivity index (χ0v) is 20.9. The molecule has 31 heavy (non-hydrogen) atoms. The standard InChI is InChI=1S/C24H34N4O2Si/c1-14(2)31(15(3)4,16(5)6)28-17(7)11-18-12-19(13-26-23(18)28)21-10-9-20(25)22(27-21)24(29)30-8/h9-16H,25H2,1-8H3. The van der Waals surface area contributed by atoms with Gasteiger partial charge < -0.3 is 14.7 Å². The van der Waals surface area contributed by atoms with E-state index in [1.54, 1.807) is 6.07 Å². The number of aromatic nitrogens is 3. The van der Waals surface area contributed by atoms with Gasteiger partial charge in [-0.3, -0.25) is 0 Å². The number of hydrogen-bond donors (Lipinski definition) is 1. The van der Waals surface area contributed by atoms with Gasteiger partial charge in [0.05, 0.1) is 18.5 Å². The maximum absolute atomic E-state index is 12.0. The highest BCUT2D eigenvalue weighted by molar-refractivity contribution is 6.82. The zero-order chi connectivity index (χ0) is 23.1. The molecule has 2 N–H and O–H groups in total. The van der Waals surface area contributed by atoms with Crippen LogP contribution < -0.4 is 5.73 Å². The van der Waals surface area contributed by atoms with E-state index < -0.39 is 14.2 Å². The molecule has 0 saturated carbocycles. The molecule has 0 atom stereocenters. The Hall–Kier alpha value is -2.67. The molecule has 0 aliphatic carbocycles. The van der Waals surface area contributed by atoms with E-state index in [4.69, 9.17) is 15.5 Å². The van der Waals surface area contributed by atoms with Crippen LogP contribution in [0.4, 0.5) is 5.69 Å². The Morgan fingerprint density at radius 2 is 1.68 bits per heavy atom. The fourth-order valence-electron chi connectivity index (χ4n) is 5.52. The average molecular weight is 439 g/mol. The van der Waals surface area contributed by atoms with E-state index in [2.05, 4.69) is 69.8 Å². The zero-order valence-electron chi connectivity index (χ0n) is 19.9. The number of ether oxygens (including phenoxy) is 1. The minimum Gasteiger partial charge on any atom is -0.464 e. The molecule has 7 heteroatoms. The van der Waals surface area contributed by atoms with Crippen LogP contribution in [0.25, 0.3) is 22.3 Å². The number of hydrogen-bond acceptors (Lipinski definition) is 5. The number of carbonyl (C=O) groups is 1. The molecule has 0 aliphatic rings. The van der Waals surface area contributed by atoms with E-state index >= 15 is 0 Å². The summed E-state index contributed by atoms with van der Waals surface area (Å²) in [5, 5.41) is 1.09. The number of nitrogens with zero attached hydrogens (tertiary/aromatic N) is 3. The highest BCUT2D eigenvalue weighted by Crippen LogP contribution is 2.45. The lowest BCUT2D eigenvalue weighted by atomic mass is 10.1. The number of aryl methyl sites for hydroxylation is 1. The largest absolute Gasteiger partial charge is 0.464 e. The van der Waals surface area contributed by atoms with Crippen LogP contribution in [0, 0.1) is 6.92 Å². The van der Waals surface area contributed by atoms with Gasteiger partial charge in [0.15, 0.2) is 13.9 Å². The topological polar surface area (TPSA) is 83.0 Å². The Bertz CT molecular complexity index is 1100. The van der Waals surface area contributed by atoms with Gasteiger partial charge in [-0.05, 0) is 47.8 Å². The Kier molecular flexibility index (Phi) is 6.27. The average Bonchev–Trinajstić information content (AvgIpc) is 3.03. The van der Waals surface area contributed by atoms with E-state index in [1.807, 2.05) is 12.3 Å². The van der Waals surface area contributed by atoms with Crippen molar-refractivity contribution in [3.05, 3.63) is 41.9 Å². The van der Waals surface area contributed by atoms with Crippen molar-refractivity contribution < 1.29 is 9.53 Å². The number of anilines is 1. The molecule has 0 aromatic carbocycles. The summed E-state index contributed by atoms with van der Waals surface area (Å²) < 4.78 is 7.38. The third kappa shape index (κ3) is 3.65. The minimum absolute atomic E-state index is 0.125. The highest BCUT2D eigenvalue weighted by atomic mass is 28.3. The van der Waals surface area contributed by atoms with Crippen molar-refractivity contribution in [2.45, 2.75) is 65.1 Å². The monoisotopic (exact) mass is 438 g/mol. The number of nitrogens with two attached hydrogens (primary N) is 1. The molecule has 0 unspecified atom stereocenters. The van der Waals surface area contributed by atoms with Gasteiger partial charge in [-0.25, -0.2) is 14.8 Å². The maximum Gasteiger partial charge on any atom is 0.358 e. The first kappa shape index (κ1) is 23.0. The first-order chi connectivity index (χ1) is 14.5. The van der Waals surface area contributed by atoms with Gasteiger partial charge in [0.1, 0.15) is 5.65 Å². The number of nitrogen functional groups attached to an aromatic ring is 1. The van der Waals surface area contributed by atoms with E-state index in [-0.39, 0.29) is 5.69 Å². The van der Waals surface area contributed by atoms with Crippen molar-refractivity contribution in [3.63, 3.8) is 0 Å². The molecule has 3 heterocycles. The quantitative estimate of drug-likeness (QED) is 0.388. The van der Waals surface area contributed by atoms with Crippen LogP contribution >= 0.6 is 0 Å². The summed E-state index contributed by atoms with van der Waals surface area (Å²) in [6.45, 7) is 16.3. The Balaban J connectivity index is 2.21. The van der Waals surface area contributed by atoms with Crippen molar-refractivity contribution in [3.8, 4) is 11.3 Å². The van der Waals surface area contributed by atoms with Crippen LogP contribution in [0.5, 0.6) is 0 Å². The predicted molar refractivity (Wildman–Crippen MR) is 130 cm³/mol. The van der Waals surface area contributed by atoms with Crippen molar-refractivity contribution in [2.24, 2.45) is 0 Å². The number of esters is 1. The molecule has 3 aromatic rings. The molecule has 166 valence electrons. The minimum atomic E-state index is -1.93. The third-order valence-electron chi connectivity index (χ3n) is 6.59. The molecule has 3 rings (SSSR count). The molecule has 0 radical (unpaired) electrons. The third-order valence-corrected chi connectivity index (χ3v) is 13.5. The summed E-state index contributed by atoms with van der Waals surface area (Å²) in [6.07, 6.45) is 1.85. The highest BCUT2D eigenvalue weighted by Gasteiger charge is 2.46. The SMILES string of the molecule is COC(=O)c1nc(-c2cnc3c(c2)cc(C)n3[Si](C(C)C)(C(C)C)C(C)C)ccc1N. The lowest BCUT2D eigenvalue weighted by Gasteiger charge is -2.45. The Morgan fingerprint density at radius 3 is 2.23 bits per heavy atom. The van der Waals surface area contributed by atoms with Crippen molar-refractivity contribution in [1.82, 2.24) is 14.2 Å². The van der Waals surface area contributed by atoms with Gasteiger partial charge in [0.2, 0.25) is 0 Å². The van der Waals surface area contributed by atoms with Gasteiger partial charge in [0, 0.05) is 22.8 Å². The summed E-state index contributed by atoms with van der Waals surface area (Å²) in [5.41, 5.74) is 11.8. The molecule has 0 spiro atoms. The van der Waals surface area contributed by atoms with Crippen LogP contribution in [-0.2, 0) is 4.74 Å². The predicted octanol–water partition coefficient (Wildman–Crippen LogP) is 5.80. The van der Waals surface area contributed by atoms with Crippen molar-refractivity contribution in [2.75, 3.05) is 12.8 Å². The van der Waals surface area contributed by atoms with E-state index in [9.17, 15) is 4.79 Å². The van der Waals surface area contributed by atoms with E-state index in [0.29, 0.717) is 28.0 Å². The van der Waals surface area contributed by atoms with E-state index in [0.717, 1.165) is 16.6 Å².